The predicted octanol–water partition coefficient (Wildman–Crippen LogP) is 2.56. The molecule has 1 spiro atoms. The van der Waals surface area contributed by atoms with Crippen LogP contribution in [0.15, 0.2) is 35.5 Å². The third kappa shape index (κ3) is 2.40. The Labute approximate surface area is 154 Å². The second kappa shape index (κ2) is 5.81. The van der Waals surface area contributed by atoms with Gasteiger partial charge in [0.25, 0.3) is 5.91 Å². The maximum Gasteiger partial charge on any atom is 0.282 e. The summed E-state index contributed by atoms with van der Waals surface area (Å²) < 4.78 is 26.6. The zero-order chi connectivity index (χ0) is 18.6. The minimum atomic E-state index is -3.61. The quantitative estimate of drug-likeness (QED) is 0.598. The van der Waals surface area contributed by atoms with Crippen molar-refractivity contribution in [1.82, 2.24) is 4.31 Å². The standard InChI is InChI=1S/C19H24N2O4S/c1-18(2)15-8-9-19(18)13-26(23,24)21(16(19)10-15)17(22)11-20-25-12-14-6-4-3-5-7-14/h3-7,11,15-16H,8-10,12-13H2,1-2H3/b20-11+. The highest BCUT2D eigenvalue weighted by Crippen LogP contribution is 2.69. The molecule has 3 atom stereocenters. The first-order valence-corrected chi connectivity index (χ1v) is 10.6. The topological polar surface area (TPSA) is 76.0 Å². The fourth-order valence-electron chi connectivity index (χ4n) is 5.40. The number of fused-ring (bicyclic) bond motifs is 1. The van der Waals surface area contributed by atoms with Crippen molar-refractivity contribution in [2.75, 3.05) is 5.75 Å². The molecule has 1 amide bonds. The van der Waals surface area contributed by atoms with Gasteiger partial charge >= 0.3 is 0 Å². The number of hydrogen-bond donors (Lipinski definition) is 0. The van der Waals surface area contributed by atoms with Gasteiger partial charge in [-0.2, -0.15) is 0 Å². The molecule has 2 aliphatic carbocycles. The van der Waals surface area contributed by atoms with Crippen molar-refractivity contribution in [3.05, 3.63) is 35.9 Å². The van der Waals surface area contributed by atoms with Crippen LogP contribution in [0.1, 0.15) is 38.7 Å². The Morgan fingerprint density at radius 2 is 2.08 bits per heavy atom. The van der Waals surface area contributed by atoms with Crippen LogP contribution in [0.4, 0.5) is 0 Å². The Morgan fingerprint density at radius 1 is 1.35 bits per heavy atom. The lowest BCUT2D eigenvalue weighted by Gasteiger charge is -2.36. The summed E-state index contributed by atoms with van der Waals surface area (Å²) >= 11 is 0. The van der Waals surface area contributed by atoms with Crippen LogP contribution >= 0.6 is 0 Å². The first-order chi connectivity index (χ1) is 12.3. The summed E-state index contributed by atoms with van der Waals surface area (Å²) in [7, 11) is -3.61. The first-order valence-electron chi connectivity index (χ1n) is 9.03. The number of hydrogen-bond acceptors (Lipinski definition) is 5. The van der Waals surface area contributed by atoms with Crippen molar-refractivity contribution in [1.29, 1.82) is 0 Å². The van der Waals surface area contributed by atoms with E-state index < -0.39 is 15.9 Å². The van der Waals surface area contributed by atoms with E-state index >= 15 is 0 Å². The average Bonchev–Trinajstić information content (AvgIpc) is 3.07. The smallest absolute Gasteiger partial charge is 0.282 e. The van der Waals surface area contributed by atoms with Gasteiger partial charge in [0, 0.05) is 5.41 Å². The number of rotatable bonds is 4. The molecular weight excluding hydrogens is 352 g/mol. The van der Waals surface area contributed by atoms with Crippen molar-refractivity contribution >= 4 is 22.1 Å². The lowest BCUT2D eigenvalue weighted by atomic mass is 9.69. The predicted molar refractivity (Wildman–Crippen MR) is 97.7 cm³/mol. The number of amides is 1. The molecule has 7 heteroatoms. The van der Waals surface area contributed by atoms with E-state index in [1.807, 2.05) is 30.3 Å². The molecule has 4 rings (SSSR count). The van der Waals surface area contributed by atoms with Gasteiger partial charge in [-0.3, -0.25) is 4.79 Å². The summed E-state index contributed by atoms with van der Waals surface area (Å²) in [5, 5.41) is 3.71. The zero-order valence-corrected chi connectivity index (χ0v) is 15.9. The number of oxime groups is 1. The summed E-state index contributed by atoms with van der Waals surface area (Å²) in [5.41, 5.74) is 0.561. The zero-order valence-electron chi connectivity index (χ0n) is 15.1. The minimum Gasteiger partial charge on any atom is -0.391 e. The van der Waals surface area contributed by atoms with Crippen LogP contribution in [0.5, 0.6) is 0 Å². The van der Waals surface area contributed by atoms with Gasteiger partial charge in [-0.1, -0.05) is 49.3 Å². The Bertz CT molecular complexity index is 850. The van der Waals surface area contributed by atoms with Crippen molar-refractivity contribution in [3.8, 4) is 0 Å². The molecule has 1 aliphatic heterocycles. The maximum absolute atomic E-state index is 12.7. The second-order valence-electron chi connectivity index (χ2n) is 8.25. The Hall–Kier alpha value is -1.89. The monoisotopic (exact) mass is 376 g/mol. The third-order valence-corrected chi connectivity index (χ3v) is 8.85. The highest BCUT2D eigenvalue weighted by atomic mass is 32.2. The van der Waals surface area contributed by atoms with E-state index in [4.69, 9.17) is 4.84 Å². The molecule has 2 bridgehead atoms. The summed E-state index contributed by atoms with van der Waals surface area (Å²) in [5.74, 6) is -0.0497. The van der Waals surface area contributed by atoms with Gasteiger partial charge in [0.2, 0.25) is 10.0 Å². The van der Waals surface area contributed by atoms with Crippen LogP contribution in [-0.2, 0) is 26.3 Å². The molecule has 1 aromatic rings. The van der Waals surface area contributed by atoms with E-state index in [0.29, 0.717) is 5.92 Å². The molecule has 0 radical (unpaired) electrons. The number of carbonyl (C=O) groups is 1. The highest BCUT2D eigenvalue weighted by molar-refractivity contribution is 7.90. The molecule has 140 valence electrons. The number of carbonyl (C=O) groups excluding carboxylic acids is 1. The average molecular weight is 376 g/mol. The molecule has 2 saturated carbocycles. The SMILES string of the molecule is CC1(C)C2CCC13CS(=O)(=O)N(C(=O)/C=N/OCc1ccccc1)C3C2. The van der Waals surface area contributed by atoms with Gasteiger partial charge in [0.15, 0.2) is 0 Å². The van der Waals surface area contributed by atoms with Crippen molar-refractivity contribution < 1.29 is 18.0 Å². The maximum atomic E-state index is 12.7. The normalized spacial score (nSPS) is 33.5. The van der Waals surface area contributed by atoms with Gasteiger partial charge in [-0.15, -0.1) is 0 Å². The molecule has 6 nitrogen and oxygen atoms in total. The van der Waals surface area contributed by atoms with Crippen LogP contribution in [0.25, 0.3) is 0 Å². The molecule has 3 unspecified atom stereocenters. The van der Waals surface area contributed by atoms with Crippen LogP contribution in [0, 0.1) is 16.7 Å². The number of sulfonamides is 1. The van der Waals surface area contributed by atoms with E-state index in [2.05, 4.69) is 19.0 Å². The number of benzene rings is 1. The molecule has 3 aliphatic rings. The van der Waals surface area contributed by atoms with Gasteiger partial charge in [0.1, 0.15) is 12.8 Å². The fraction of sp³-hybridized carbons (Fsp3) is 0.579. The van der Waals surface area contributed by atoms with Crippen LogP contribution < -0.4 is 0 Å². The molecule has 1 saturated heterocycles. The molecule has 1 heterocycles. The van der Waals surface area contributed by atoms with E-state index in [1.54, 1.807) is 0 Å². The fourth-order valence-corrected chi connectivity index (χ4v) is 7.90. The Morgan fingerprint density at radius 3 is 2.77 bits per heavy atom. The molecule has 3 fully saturated rings. The van der Waals surface area contributed by atoms with E-state index in [9.17, 15) is 13.2 Å². The number of nitrogens with zero attached hydrogens (tertiary/aromatic N) is 2. The van der Waals surface area contributed by atoms with Crippen LogP contribution in [0.3, 0.4) is 0 Å². The molecule has 0 N–H and O–H groups in total. The summed E-state index contributed by atoms with van der Waals surface area (Å²) in [6, 6.07) is 9.23. The van der Waals surface area contributed by atoms with Crippen LogP contribution in [-0.4, -0.2) is 36.6 Å². The molecule has 1 aromatic carbocycles. The lowest BCUT2D eigenvalue weighted by Crippen LogP contribution is -2.44. The van der Waals surface area contributed by atoms with E-state index in [0.717, 1.165) is 35.3 Å². The first kappa shape index (κ1) is 17.5. The van der Waals surface area contributed by atoms with Gasteiger partial charge in [-0.05, 0) is 36.2 Å². The van der Waals surface area contributed by atoms with Gasteiger partial charge < -0.3 is 4.84 Å². The van der Waals surface area contributed by atoms with Gasteiger partial charge in [-0.25, -0.2) is 12.7 Å². The lowest BCUT2D eigenvalue weighted by molar-refractivity contribution is -0.121. The Balaban J connectivity index is 1.49. The second-order valence-corrected chi connectivity index (χ2v) is 10.1. The van der Waals surface area contributed by atoms with Gasteiger partial charge in [0.05, 0.1) is 11.8 Å². The van der Waals surface area contributed by atoms with Crippen LogP contribution in [0.2, 0.25) is 0 Å². The largest absolute Gasteiger partial charge is 0.391 e. The Kier molecular flexibility index (Phi) is 3.91. The minimum absolute atomic E-state index is 0.0548. The summed E-state index contributed by atoms with van der Waals surface area (Å²) in [6.07, 6.45) is 3.69. The third-order valence-electron chi connectivity index (χ3n) is 6.94. The summed E-state index contributed by atoms with van der Waals surface area (Å²) in [6.45, 7) is 4.55. The molecule has 26 heavy (non-hydrogen) atoms. The highest BCUT2D eigenvalue weighted by Gasteiger charge is 2.72. The van der Waals surface area contributed by atoms with E-state index in [-0.39, 0.29) is 29.2 Å². The summed E-state index contributed by atoms with van der Waals surface area (Å²) in [4.78, 5) is 17.8. The van der Waals surface area contributed by atoms with Crippen molar-refractivity contribution in [3.63, 3.8) is 0 Å². The van der Waals surface area contributed by atoms with Crippen molar-refractivity contribution in [2.24, 2.45) is 21.9 Å². The molecule has 0 aromatic heterocycles. The van der Waals surface area contributed by atoms with E-state index in [1.165, 1.54) is 0 Å². The van der Waals surface area contributed by atoms with Crippen molar-refractivity contribution in [2.45, 2.75) is 45.8 Å². The molecular formula is C19H24N2O4S.